The molecule has 0 bridgehead atoms. The highest BCUT2D eigenvalue weighted by Crippen LogP contribution is 2.27. The summed E-state index contributed by atoms with van der Waals surface area (Å²) in [5.74, 6) is 0.699. The Bertz CT molecular complexity index is 380. The first kappa shape index (κ1) is 9.00. The lowest BCUT2D eigenvalue weighted by Crippen LogP contribution is -1.94. The lowest BCUT2D eigenvalue weighted by molar-refractivity contribution is 0.396. The molecule has 0 saturated carbocycles. The maximum atomic E-state index is 5.21. The lowest BCUT2D eigenvalue weighted by Gasteiger charge is -2.10. The van der Waals surface area contributed by atoms with Crippen molar-refractivity contribution in [3.05, 3.63) is 42.1 Å². The highest BCUT2D eigenvalue weighted by Gasteiger charge is 2.07. The van der Waals surface area contributed by atoms with E-state index in [1.807, 2.05) is 12.1 Å². The number of aromatic nitrogens is 1. The minimum atomic E-state index is 0.699. The molecule has 0 fully saturated rings. The van der Waals surface area contributed by atoms with Crippen LogP contribution in [0.2, 0.25) is 0 Å². The molecule has 0 saturated heterocycles. The summed E-state index contributed by atoms with van der Waals surface area (Å²) in [7, 11) is 1.65. The van der Waals surface area contributed by atoms with E-state index in [1.165, 1.54) is 5.57 Å². The van der Waals surface area contributed by atoms with Crippen LogP contribution in [0.1, 0.15) is 18.4 Å². The average Bonchev–Trinajstić information content (AvgIpc) is 2.30. The normalized spacial score (nSPS) is 15.1. The van der Waals surface area contributed by atoms with Crippen molar-refractivity contribution < 1.29 is 4.74 Å². The van der Waals surface area contributed by atoms with Crippen LogP contribution < -0.4 is 4.74 Å². The Kier molecular flexibility index (Phi) is 2.63. The van der Waals surface area contributed by atoms with E-state index < -0.39 is 0 Å². The molecule has 0 amide bonds. The van der Waals surface area contributed by atoms with Gasteiger partial charge in [-0.25, -0.2) is 4.98 Å². The van der Waals surface area contributed by atoms with Crippen LogP contribution in [0.5, 0.6) is 5.88 Å². The minimum absolute atomic E-state index is 0.699. The minimum Gasteiger partial charge on any atom is -0.481 e. The van der Waals surface area contributed by atoms with Gasteiger partial charge in [0.15, 0.2) is 0 Å². The number of methoxy groups -OCH3 is 1. The largest absolute Gasteiger partial charge is 0.481 e. The first-order valence-electron chi connectivity index (χ1n) is 4.78. The number of pyridine rings is 1. The predicted octanol–water partition coefficient (Wildman–Crippen LogP) is 2.82. The fourth-order valence-electron chi connectivity index (χ4n) is 1.59. The molecule has 1 aromatic rings. The van der Waals surface area contributed by atoms with Crippen LogP contribution in [0.4, 0.5) is 0 Å². The molecule has 1 aromatic heterocycles. The highest BCUT2D eigenvalue weighted by molar-refractivity contribution is 5.77. The molecule has 2 heteroatoms. The number of nitrogens with zero attached hydrogens (tertiary/aromatic N) is 1. The van der Waals surface area contributed by atoms with E-state index >= 15 is 0 Å². The zero-order valence-electron chi connectivity index (χ0n) is 8.23. The smallest absolute Gasteiger partial charge is 0.221 e. The Labute approximate surface area is 83.9 Å². The molecular weight excluding hydrogens is 174 g/mol. The second kappa shape index (κ2) is 4.09. The van der Waals surface area contributed by atoms with E-state index in [-0.39, 0.29) is 0 Å². The van der Waals surface area contributed by atoms with E-state index in [1.54, 1.807) is 13.3 Å². The van der Waals surface area contributed by atoms with Gasteiger partial charge in [-0.15, -0.1) is 0 Å². The Hall–Kier alpha value is -1.57. The van der Waals surface area contributed by atoms with E-state index in [0.717, 1.165) is 18.4 Å². The van der Waals surface area contributed by atoms with Gasteiger partial charge in [0.2, 0.25) is 5.88 Å². The average molecular weight is 187 g/mol. The van der Waals surface area contributed by atoms with Gasteiger partial charge in [0.25, 0.3) is 0 Å². The van der Waals surface area contributed by atoms with Crippen molar-refractivity contribution in [2.45, 2.75) is 12.8 Å². The van der Waals surface area contributed by atoms with Gasteiger partial charge < -0.3 is 4.74 Å². The van der Waals surface area contributed by atoms with Gasteiger partial charge in [0, 0.05) is 11.8 Å². The molecule has 2 nitrogen and oxygen atoms in total. The van der Waals surface area contributed by atoms with Crippen LogP contribution >= 0.6 is 0 Å². The molecule has 1 heterocycles. The first-order chi connectivity index (χ1) is 6.92. The summed E-state index contributed by atoms with van der Waals surface area (Å²) in [5.41, 5.74) is 2.28. The number of hydrogen-bond donors (Lipinski definition) is 0. The van der Waals surface area contributed by atoms with Gasteiger partial charge >= 0.3 is 0 Å². The van der Waals surface area contributed by atoms with Gasteiger partial charge in [-0.1, -0.05) is 18.2 Å². The summed E-state index contributed by atoms with van der Waals surface area (Å²) in [6.07, 6.45) is 10.5. The van der Waals surface area contributed by atoms with Crippen LogP contribution in [-0.4, -0.2) is 12.1 Å². The maximum absolute atomic E-state index is 5.21. The molecule has 0 radical (unpaired) electrons. The van der Waals surface area contributed by atoms with Gasteiger partial charge in [0.05, 0.1) is 7.11 Å². The Balaban J connectivity index is 2.40. The summed E-state index contributed by atoms with van der Waals surface area (Å²) in [5, 5.41) is 0. The van der Waals surface area contributed by atoms with E-state index in [9.17, 15) is 0 Å². The predicted molar refractivity (Wildman–Crippen MR) is 57.1 cm³/mol. The summed E-state index contributed by atoms with van der Waals surface area (Å²) >= 11 is 0. The second-order valence-corrected chi connectivity index (χ2v) is 3.20. The van der Waals surface area contributed by atoms with Crippen molar-refractivity contribution in [3.63, 3.8) is 0 Å². The Morgan fingerprint density at radius 3 is 3.00 bits per heavy atom. The van der Waals surface area contributed by atoms with Gasteiger partial charge in [0.1, 0.15) is 0 Å². The molecule has 72 valence electrons. The maximum Gasteiger partial charge on any atom is 0.221 e. The molecule has 0 unspecified atom stereocenters. The summed E-state index contributed by atoms with van der Waals surface area (Å²) in [6, 6.07) is 3.97. The fourth-order valence-corrected chi connectivity index (χ4v) is 1.59. The highest BCUT2D eigenvalue weighted by atomic mass is 16.5. The lowest BCUT2D eigenvalue weighted by atomic mass is 10.0. The van der Waals surface area contributed by atoms with Gasteiger partial charge in [-0.3, -0.25) is 0 Å². The first-order valence-corrected chi connectivity index (χ1v) is 4.78. The quantitative estimate of drug-likeness (QED) is 0.710. The van der Waals surface area contributed by atoms with Crippen molar-refractivity contribution in [2.75, 3.05) is 7.11 Å². The molecule has 0 atom stereocenters. The topological polar surface area (TPSA) is 22.1 Å². The molecule has 0 aliphatic heterocycles. The van der Waals surface area contributed by atoms with Crippen LogP contribution in [0.25, 0.3) is 5.57 Å². The van der Waals surface area contributed by atoms with Crippen LogP contribution in [-0.2, 0) is 0 Å². The fraction of sp³-hybridized carbons (Fsp3) is 0.250. The number of hydrogen-bond acceptors (Lipinski definition) is 2. The SMILES string of the molecule is COc1ncccc1C1=CCCC=C1. The molecule has 0 aromatic carbocycles. The molecular formula is C12H13NO. The number of allylic oxidation sites excluding steroid dienone is 4. The number of ether oxygens (including phenoxy) is 1. The molecule has 2 rings (SSSR count). The molecule has 0 spiro atoms. The summed E-state index contributed by atoms with van der Waals surface area (Å²) in [4.78, 5) is 4.18. The Morgan fingerprint density at radius 1 is 1.36 bits per heavy atom. The van der Waals surface area contributed by atoms with Crippen molar-refractivity contribution >= 4 is 5.57 Å². The second-order valence-electron chi connectivity index (χ2n) is 3.20. The molecule has 1 aliphatic carbocycles. The van der Waals surface area contributed by atoms with Crippen molar-refractivity contribution in [1.29, 1.82) is 0 Å². The number of rotatable bonds is 2. The third-order valence-electron chi connectivity index (χ3n) is 2.27. The monoisotopic (exact) mass is 187 g/mol. The van der Waals surface area contributed by atoms with Crippen LogP contribution in [0.3, 0.4) is 0 Å². The third kappa shape index (κ3) is 1.69. The summed E-state index contributed by atoms with van der Waals surface area (Å²) in [6.45, 7) is 0. The Morgan fingerprint density at radius 2 is 2.29 bits per heavy atom. The van der Waals surface area contributed by atoms with Crippen LogP contribution in [0, 0.1) is 0 Å². The standard InChI is InChI=1S/C12H13NO/c1-14-12-11(8-5-9-13-12)10-6-3-2-4-7-10/h3,5-9H,2,4H2,1H3. The molecule has 1 aliphatic rings. The van der Waals surface area contributed by atoms with Gasteiger partial charge in [-0.05, 0) is 30.5 Å². The van der Waals surface area contributed by atoms with E-state index in [2.05, 4.69) is 23.2 Å². The van der Waals surface area contributed by atoms with Crippen molar-refractivity contribution in [1.82, 2.24) is 4.98 Å². The van der Waals surface area contributed by atoms with Crippen LogP contribution in [0.15, 0.2) is 36.6 Å². The zero-order valence-corrected chi connectivity index (χ0v) is 8.23. The van der Waals surface area contributed by atoms with Crippen molar-refractivity contribution in [2.24, 2.45) is 0 Å². The molecule has 14 heavy (non-hydrogen) atoms. The zero-order chi connectivity index (χ0) is 9.80. The molecule has 0 N–H and O–H groups in total. The third-order valence-corrected chi connectivity index (χ3v) is 2.27. The van der Waals surface area contributed by atoms with Crippen molar-refractivity contribution in [3.8, 4) is 5.88 Å². The van der Waals surface area contributed by atoms with E-state index in [4.69, 9.17) is 4.74 Å². The summed E-state index contributed by atoms with van der Waals surface area (Å²) < 4.78 is 5.21. The van der Waals surface area contributed by atoms with E-state index in [0.29, 0.717) is 5.88 Å². The van der Waals surface area contributed by atoms with Gasteiger partial charge in [-0.2, -0.15) is 0 Å².